The lowest BCUT2D eigenvalue weighted by atomic mass is 10.2. The van der Waals surface area contributed by atoms with E-state index in [2.05, 4.69) is 72.2 Å². The molecule has 3 aromatic rings. The second-order valence-electron chi connectivity index (χ2n) is 6.15. The zero-order chi connectivity index (χ0) is 16.7. The predicted molar refractivity (Wildman–Crippen MR) is 98.1 cm³/mol. The maximum Gasteiger partial charge on any atom is 0.178 e. The van der Waals surface area contributed by atoms with Gasteiger partial charge in [0.25, 0.3) is 0 Å². The first-order valence-corrected chi connectivity index (χ1v) is 8.19. The highest BCUT2D eigenvalue weighted by atomic mass is 15.5. The third-order valence-electron chi connectivity index (χ3n) is 4.47. The van der Waals surface area contributed by atoms with Gasteiger partial charge in [-0.2, -0.15) is 0 Å². The quantitative estimate of drug-likeness (QED) is 0.684. The molecule has 0 radical (unpaired) electrons. The van der Waals surface area contributed by atoms with Gasteiger partial charge in [-0.3, -0.25) is 0 Å². The Morgan fingerprint density at radius 2 is 1.54 bits per heavy atom. The number of nitrogens with zero attached hydrogens (tertiary/aromatic N) is 4. The summed E-state index contributed by atoms with van der Waals surface area (Å²) in [5.74, 6) is 1.82. The van der Waals surface area contributed by atoms with Gasteiger partial charge in [-0.05, 0) is 44.5 Å². The number of benzene rings is 2. The van der Waals surface area contributed by atoms with Crippen molar-refractivity contribution in [3.8, 4) is 0 Å². The Bertz CT molecular complexity index is 876. The third kappa shape index (κ3) is 2.22. The smallest absolute Gasteiger partial charge is 0.178 e. The van der Waals surface area contributed by atoms with Crippen LogP contribution in [0.4, 0.5) is 23.0 Å². The van der Waals surface area contributed by atoms with E-state index in [4.69, 9.17) is 9.97 Å². The topological polar surface area (TPSA) is 32.3 Å². The molecule has 2 heterocycles. The minimum Gasteiger partial charge on any atom is -0.302 e. The second-order valence-corrected chi connectivity index (χ2v) is 6.15. The Balaban J connectivity index is 1.91. The maximum atomic E-state index is 4.80. The van der Waals surface area contributed by atoms with E-state index in [0.29, 0.717) is 0 Å². The molecule has 4 heteroatoms. The van der Waals surface area contributed by atoms with Crippen molar-refractivity contribution in [2.45, 2.75) is 26.9 Å². The molecule has 1 aliphatic rings. The molecule has 1 unspecified atom stereocenters. The highest BCUT2D eigenvalue weighted by molar-refractivity contribution is 5.84. The number of hydrogen-bond donors (Lipinski definition) is 0. The first kappa shape index (κ1) is 14.7. The molecule has 24 heavy (non-hydrogen) atoms. The molecule has 0 saturated heterocycles. The van der Waals surface area contributed by atoms with Gasteiger partial charge in [0.15, 0.2) is 11.6 Å². The maximum absolute atomic E-state index is 4.80. The molecule has 0 spiro atoms. The summed E-state index contributed by atoms with van der Waals surface area (Å²) in [5.41, 5.74) is 4.45. The van der Waals surface area contributed by atoms with E-state index in [1.165, 1.54) is 11.3 Å². The summed E-state index contributed by atoms with van der Waals surface area (Å²) in [6.45, 7) is 6.31. The van der Waals surface area contributed by atoms with Crippen LogP contribution in [-0.2, 0) is 0 Å². The largest absolute Gasteiger partial charge is 0.302 e. The van der Waals surface area contributed by atoms with Crippen molar-refractivity contribution in [2.24, 2.45) is 0 Å². The monoisotopic (exact) mass is 316 g/mol. The number of para-hydroxylation sites is 2. The Kier molecular flexibility index (Phi) is 3.45. The van der Waals surface area contributed by atoms with Crippen LogP contribution in [0.3, 0.4) is 0 Å². The molecule has 0 saturated carbocycles. The predicted octanol–water partition coefficient (Wildman–Crippen LogP) is 4.73. The van der Waals surface area contributed by atoms with Gasteiger partial charge >= 0.3 is 0 Å². The molecule has 0 fully saturated rings. The molecule has 1 atom stereocenters. The normalized spacial score (nSPS) is 16.4. The molecular formula is C20H20N4. The Hall–Kier alpha value is -2.88. The molecule has 0 amide bonds. The highest BCUT2D eigenvalue weighted by Crippen LogP contribution is 2.45. The minimum absolute atomic E-state index is 0.102. The molecule has 4 rings (SSSR count). The lowest BCUT2D eigenvalue weighted by Crippen LogP contribution is -2.35. The first-order chi connectivity index (χ1) is 11.7. The van der Waals surface area contributed by atoms with Gasteiger partial charge in [-0.1, -0.05) is 36.4 Å². The number of rotatable bonds is 2. The average Bonchev–Trinajstić information content (AvgIpc) is 2.87. The molecule has 2 aromatic carbocycles. The number of fused-ring (bicyclic) bond motifs is 1. The van der Waals surface area contributed by atoms with Crippen LogP contribution in [0.25, 0.3) is 0 Å². The third-order valence-corrected chi connectivity index (χ3v) is 4.47. The fraction of sp³-hybridized carbons (Fsp3) is 0.200. The molecule has 0 aliphatic carbocycles. The first-order valence-electron chi connectivity index (χ1n) is 8.19. The van der Waals surface area contributed by atoms with Gasteiger partial charge in [0.1, 0.15) is 6.17 Å². The number of aromatic nitrogens is 2. The number of aryl methyl sites for hydroxylation is 2. The van der Waals surface area contributed by atoms with Crippen molar-refractivity contribution in [1.82, 2.24) is 9.97 Å². The summed E-state index contributed by atoms with van der Waals surface area (Å²) in [5, 5.41) is 0. The molecular weight excluding hydrogens is 296 g/mol. The molecule has 1 aliphatic heterocycles. The molecule has 0 bridgehead atoms. The van der Waals surface area contributed by atoms with E-state index in [9.17, 15) is 0 Å². The summed E-state index contributed by atoms with van der Waals surface area (Å²) < 4.78 is 0. The summed E-state index contributed by atoms with van der Waals surface area (Å²) in [7, 11) is 0. The number of hydrogen-bond acceptors (Lipinski definition) is 4. The molecule has 1 aromatic heterocycles. The van der Waals surface area contributed by atoms with Gasteiger partial charge in [0.05, 0.1) is 11.9 Å². The average molecular weight is 316 g/mol. The zero-order valence-corrected chi connectivity index (χ0v) is 14.1. The van der Waals surface area contributed by atoms with Gasteiger partial charge in [0, 0.05) is 11.4 Å². The van der Waals surface area contributed by atoms with Gasteiger partial charge in [-0.25, -0.2) is 9.97 Å². The number of anilines is 4. The van der Waals surface area contributed by atoms with Crippen molar-refractivity contribution < 1.29 is 0 Å². The lowest BCUT2D eigenvalue weighted by Gasteiger charge is -2.30. The standard InChI is InChI=1S/C20H20N4/c1-14-9-7-8-12-18(14)24-16(3)23(17-10-5-4-6-11-17)19-20(24)22-15(2)13-21-19/h4-13,16H,1-3H3. The van der Waals surface area contributed by atoms with E-state index in [-0.39, 0.29) is 6.17 Å². The van der Waals surface area contributed by atoms with E-state index in [0.717, 1.165) is 23.0 Å². The Labute approximate surface area is 142 Å². The van der Waals surface area contributed by atoms with Crippen molar-refractivity contribution in [1.29, 1.82) is 0 Å². The van der Waals surface area contributed by atoms with Crippen molar-refractivity contribution >= 4 is 23.0 Å². The van der Waals surface area contributed by atoms with Gasteiger partial charge < -0.3 is 9.80 Å². The van der Waals surface area contributed by atoms with Crippen LogP contribution in [0, 0.1) is 13.8 Å². The second kappa shape index (κ2) is 5.64. The van der Waals surface area contributed by atoms with Crippen LogP contribution < -0.4 is 9.80 Å². The summed E-state index contributed by atoms with van der Waals surface area (Å²) >= 11 is 0. The van der Waals surface area contributed by atoms with E-state index in [1.807, 2.05) is 19.2 Å². The lowest BCUT2D eigenvalue weighted by molar-refractivity contribution is 0.752. The summed E-state index contributed by atoms with van der Waals surface area (Å²) in [6, 6.07) is 18.8. The van der Waals surface area contributed by atoms with Crippen molar-refractivity contribution in [2.75, 3.05) is 9.80 Å². The van der Waals surface area contributed by atoms with Crippen LogP contribution >= 0.6 is 0 Å². The van der Waals surface area contributed by atoms with Crippen molar-refractivity contribution in [3.63, 3.8) is 0 Å². The molecule has 4 nitrogen and oxygen atoms in total. The van der Waals surface area contributed by atoms with Crippen LogP contribution in [0.2, 0.25) is 0 Å². The fourth-order valence-corrected chi connectivity index (χ4v) is 3.33. The Morgan fingerprint density at radius 3 is 2.29 bits per heavy atom. The van der Waals surface area contributed by atoms with E-state index in [1.54, 1.807) is 0 Å². The van der Waals surface area contributed by atoms with Gasteiger partial charge in [0.2, 0.25) is 0 Å². The van der Waals surface area contributed by atoms with Crippen LogP contribution in [-0.4, -0.2) is 16.1 Å². The summed E-state index contributed by atoms with van der Waals surface area (Å²) in [4.78, 5) is 14.0. The zero-order valence-electron chi connectivity index (χ0n) is 14.1. The SMILES string of the molecule is Cc1cnc2c(n1)N(c1ccccc1C)C(C)N2c1ccccc1. The van der Waals surface area contributed by atoms with Crippen LogP contribution in [0.15, 0.2) is 60.8 Å². The highest BCUT2D eigenvalue weighted by Gasteiger charge is 2.37. The van der Waals surface area contributed by atoms with Crippen LogP contribution in [0.1, 0.15) is 18.2 Å². The van der Waals surface area contributed by atoms with E-state index >= 15 is 0 Å². The van der Waals surface area contributed by atoms with Gasteiger partial charge in [-0.15, -0.1) is 0 Å². The van der Waals surface area contributed by atoms with Crippen LogP contribution in [0.5, 0.6) is 0 Å². The Morgan fingerprint density at radius 1 is 0.833 bits per heavy atom. The molecule has 0 N–H and O–H groups in total. The summed E-state index contributed by atoms with van der Waals surface area (Å²) in [6.07, 6.45) is 1.94. The minimum atomic E-state index is 0.102. The van der Waals surface area contributed by atoms with Crippen molar-refractivity contribution in [3.05, 3.63) is 72.1 Å². The molecule has 120 valence electrons. The van der Waals surface area contributed by atoms with E-state index < -0.39 is 0 Å². The fourth-order valence-electron chi connectivity index (χ4n) is 3.33.